The highest BCUT2D eigenvalue weighted by molar-refractivity contribution is 7.98. The Hall–Kier alpha value is -2.08. The van der Waals surface area contributed by atoms with Crippen LogP contribution >= 0.6 is 11.8 Å². The molecule has 1 heterocycles. The molecule has 1 N–H and O–H groups in total. The van der Waals surface area contributed by atoms with Gasteiger partial charge in [0.1, 0.15) is 5.75 Å². The lowest BCUT2D eigenvalue weighted by atomic mass is 10.1. The molecule has 23 heavy (non-hydrogen) atoms. The highest BCUT2D eigenvalue weighted by atomic mass is 32.2. The van der Waals surface area contributed by atoms with Crippen LogP contribution in [0.15, 0.2) is 35.6 Å². The second-order valence-corrected chi connectivity index (χ2v) is 5.71. The van der Waals surface area contributed by atoms with E-state index in [-0.39, 0.29) is 5.91 Å². The first-order chi connectivity index (χ1) is 11.1. The van der Waals surface area contributed by atoms with Gasteiger partial charge in [-0.25, -0.2) is 9.97 Å². The highest BCUT2D eigenvalue weighted by Crippen LogP contribution is 2.13. The molecule has 2 rings (SSSR count). The molecule has 1 aromatic heterocycles. The number of nitrogens with one attached hydrogen (secondary N) is 1. The average molecular weight is 331 g/mol. The summed E-state index contributed by atoms with van der Waals surface area (Å²) in [6.45, 7) is 5.01. The maximum atomic E-state index is 12.2. The Balaban J connectivity index is 1.87. The minimum absolute atomic E-state index is 0.138. The van der Waals surface area contributed by atoms with Gasteiger partial charge in [-0.15, -0.1) is 0 Å². The minimum atomic E-state index is -0.138. The lowest BCUT2D eigenvalue weighted by Gasteiger charge is -2.08. The maximum Gasteiger partial charge on any atom is 0.254 e. The maximum absolute atomic E-state index is 12.2. The third-order valence-electron chi connectivity index (χ3n) is 3.32. The van der Waals surface area contributed by atoms with Crippen molar-refractivity contribution in [3.63, 3.8) is 0 Å². The average Bonchev–Trinajstić information content (AvgIpc) is 2.56. The number of nitrogens with zero attached hydrogens (tertiary/aromatic N) is 2. The van der Waals surface area contributed by atoms with Crippen LogP contribution in [0.4, 0.5) is 0 Å². The summed E-state index contributed by atoms with van der Waals surface area (Å²) in [4.78, 5) is 20.6. The molecule has 1 amide bonds. The van der Waals surface area contributed by atoms with Gasteiger partial charge in [-0.3, -0.25) is 4.79 Å². The van der Waals surface area contributed by atoms with E-state index in [9.17, 15) is 4.79 Å². The van der Waals surface area contributed by atoms with Crippen molar-refractivity contribution in [3.05, 3.63) is 47.3 Å². The lowest BCUT2D eigenvalue weighted by molar-refractivity contribution is 0.0952. The number of aromatic nitrogens is 2. The van der Waals surface area contributed by atoms with Crippen molar-refractivity contribution in [1.29, 1.82) is 0 Å². The Labute approximate surface area is 140 Å². The molecule has 0 aliphatic rings. The number of hydrogen-bond acceptors (Lipinski definition) is 5. The topological polar surface area (TPSA) is 64.1 Å². The Kier molecular flexibility index (Phi) is 6.40. The van der Waals surface area contributed by atoms with Crippen LogP contribution in [-0.2, 0) is 6.42 Å². The van der Waals surface area contributed by atoms with Gasteiger partial charge in [-0.2, -0.15) is 0 Å². The molecule has 0 unspecified atom stereocenters. The molecule has 0 aliphatic heterocycles. The number of hydrogen-bond donors (Lipinski definition) is 1. The molecule has 1 aromatic carbocycles. The summed E-state index contributed by atoms with van der Waals surface area (Å²) in [5.74, 6) is 0.725. The van der Waals surface area contributed by atoms with E-state index in [0.29, 0.717) is 29.6 Å². The van der Waals surface area contributed by atoms with Crippen molar-refractivity contribution in [3.8, 4) is 5.75 Å². The molecular weight excluding hydrogens is 310 g/mol. The third kappa shape index (κ3) is 4.96. The third-order valence-corrected chi connectivity index (χ3v) is 3.88. The van der Waals surface area contributed by atoms with Gasteiger partial charge >= 0.3 is 0 Å². The highest BCUT2D eigenvalue weighted by Gasteiger charge is 2.11. The van der Waals surface area contributed by atoms with E-state index in [2.05, 4.69) is 15.3 Å². The van der Waals surface area contributed by atoms with Crippen molar-refractivity contribution >= 4 is 17.7 Å². The molecule has 2 aromatic rings. The zero-order chi connectivity index (χ0) is 16.7. The second kappa shape index (κ2) is 8.53. The number of rotatable bonds is 7. The van der Waals surface area contributed by atoms with Gasteiger partial charge in [0.15, 0.2) is 5.16 Å². The molecular formula is C17H21N3O2S. The summed E-state index contributed by atoms with van der Waals surface area (Å²) in [5, 5.41) is 3.58. The van der Waals surface area contributed by atoms with Crippen LogP contribution < -0.4 is 10.1 Å². The number of carbonyl (C=O) groups is 1. The molecule has 0 saturated carbocycles. The molecule has 0 saturated heterocycles. The summed E-state index contributed by atoms with van der Waals surface area (Å²) in [6.07, 6.45) is 4.26. The van der Waals surface area contributed by atoms with E-state index >= 15 is 0 Å². The number of ether oxygens (including phenoxy) is 1. The standard InChI is InChI=1S/C17H21N3O2S/c1-4-22-14-7-5-13(6-8-14)9-10-18-16(21)15-11-19-17(23-3)20-12(15)2/h5-8,11H,4,9-10H2,1-3H3,(H,18,21). The molecule has 6 heteroatoms. The Morgan fingerprint density at radius 1 is 1.30 bits per heavy atom. The van der Waals surface area contributed by atoms with E-state index in [0.717, 1.165) is 17.7 Å². The quantitative estimate of drug-likeness (QED) is 0.624. The summed E-state index contributed by atoms with van der Waals surface area (Å²) in [6, 6.07) is 7.91. The lowest BCUT2D eigenvalue weighted by Crippen LogP contribution is -2.26. The SMILES string of the molecule is CCOc1ccc(CCNC(=O)c2cnc(SC)nc2C)cc1. The van der Waals surface area contributed by atoms with Crippen LogP contribution in [0.25, 0.3) is 0 Å². The number of benzene rings is 1. The number of thioether (sulfide) groups is 1. The molecule has 0 fully saturated rings. The molecule has 5 nitrogen and oxygen atoms in total. The van der Waals surface area contributed by atoms with Crippen molar-refractivity contribution in [1.82, 2.24) is 15.3 Å². The normalized spacial score (nSPS) is 10.4. The van der Waals surface area contributed by atoms with Gasteiger partial charge < -0.3 is 10.1 Å². The fourth-order valence-electron chi connectivity index (χ4n) is 2.10. The summed E-state index contributed by atoms with van der Waals surface area (Å²) < 4.78 is 5.41. The molecule has 0 aliphatic carbocycles. The van der Waals surface area contributed by atoms with Crippen LogP contribution in [0.2, 0.25) is 0 Å². The van der Waals surface area contributed by atoms with Crippen LogP contribution in [0.1, 0.15) is 28.5 Å². The molecule has 0 spiro atoms. The monoisotopic (exact) mass is 331 g/mol. The number of aryl methyl sites for hydroxylation is 1. The van der Waals surface area contributed by atoms with Crippen molar-refractivity contribution in [2.75, 3.05) is 19.4 Å². The summed E-state index contributed by atoms with van der Waals surface area (Å²) in [5.41, 5.74) is 2.37. The number of amides is 1. The van der Waals surface area contributed by atoms with Crippen molar-refractivity contribution in [2.45, 2.75) is 25.4 Å². The molecule has 0 bridgehead atoms. The van der Waals surface area contributed by atoms with Gasteiger partial charge in [0, 0.05) is 12.7 Å². The largest absolute Gasteiger partial charge is 0.494 e. The van der Waals surface area contributed by atoms with E-state index in [1.807, 2.05) is 44.4 Å². The molecule has 0 radical (unpaired) electrons. The fraction of sp³-hybridized carbons (Fsp3) is 0.353. The van der Waals surface area contributed by atoms with Crippen LogP contribution in [0.5, 0.6) is 5.75 Å². The van der Waals surface area contributed by atoms with E-state index < -0.39 is 0 Å². The van der Waals surface area contributed by atoms with E-state index in [4.69, 9.17) is 4.74 Å². The predicted octanol–water partition coefficient (Wildman–Crippen LogP) is 2.88. The zero-order valence-corrected chi connectivity index (χ0v) is 14.4. The fourth-order valence-corrected chi connectivity index (χ4v) is 2.49. The summed E-state index contributed by atoms with van der Waals surface area (Å²) in [7, 11) is 0. The summed E-state index contributed by atoms with van der Waals surface area (Å²) >= 11 is 1.46. The van der Waals surface area contributed by atoms with Crippen LogP contribution in [0.3, 0.4) is 0 Å². The van der Waals surface area contributed by atoms with Crippen LogP contribution in [-0.4, -0.2) is 35.3 Å². The van der Waals surface area contributed by atoms with Gasteiger partial charge in [0.25, 0.3) is 5.91 Å². The van der Waals surface area contributed by atoms with Gasteiger partial charge in [-0.1, -0.05) is 23.9 Å². The first kappa shape index (κ1) is 17.3. The second-order valence-electron chi connectivity index (χ2n) is 4.94. The Morgan fingerprint density at radius 2 is 2.04 bits per heavy atom. The first-order valence-corrected chi connectivity index (χ1v) is 8.74. The smallest absolute Gasteiger partial charge is 0.254 e. The van der Waals surface area contributed by atoms with Crippen molar-refractivity contribution in [2.24, 2.45) is 0 Å². The molecule has 0 atom stereocenters. The van der Waals surface area contributed by atoms with Gasteiger partial charge in [-0.05, 0) is 44.2 Å². The van der Waals surface area contributed by atoms with Gasteiger partial charge in [0.05, 0.1) is 17.9 Å². The first-order valence-electron chi connectivity index (χ1n) is 7.51. The zero-order valence-electron chi connectivity index (χ0n) is 13.6. The van der Waals surface area contributed by atoms with Gasteiger partial charge in [0.2, 0.25) is 0 Å². The van der Waals surface area contributed by atoms with Crippen LogP contribution in [0, 0.1) is 6.92 Å². The number of carbonyl (C=O) groups excluding carboxylic acids is 1. The molecule has 122 valence electrons. The van der Waals surface area contributed by atoms with E-state index in [1.54, 1.807) is 6.20 Å². The Morgan fingerprint density at radius 3 is 2.65 bits per heavy atom. The van der Waals surface area contributed by atoms with Crippen molar-refractivity contribution < 1.29 is 9.53 Å². The predicted molar refractivity (Wildman–Crippen MR) is 92.2 cm³/mol. The minimum Gasteiger partial charge on any atom is -0.494 e. The Bertz CT molecular complexity index is 659. The van der Waals surface area contributed by atoms with E-state index in [1.165, 1.54) is 11.8 Å².